The van der Waals surface area contributed by atoms with Crippen LogP contribution in [0.3, 0.4) is 0 Å². The summed E-state index contributed by atoms with van der Waals surface area (Å²) < 4.78 is 31.0. The van der Waals surface area contributed by atoms with Gasteiger partial charge in [-0.1, -0.05) is 18.2 Å². The normalized spacial score (nSPS) is 21.5. The number of nitrogens with one attached hydrogen (secondary N) is 1. The minimum atomic E-state index is -3.03. The number of benzene rings is 1. The molecule has 1 unspecified atom stereocenters. The average Bonchev–Trinajstić information content (AvgIpc) is 3.09. The number of anilines is 1. The fourth-order valence-electron chi connectivity index (χ4n) is 3.76. The van der Waals surface area contributed by atoms with Crippen molar-refractivity contribution in [2.24, 2.45) is 0 Å². The minimum Gasteiger partial charge on any atom is -0.492 e. The predicted octanol–water partition coefficient (Wildman–Crippen LogP) is 1.38. The number of aromatic nitrogens is 2. The Hall–Kier alpha value is -2.39. The van der Waals surface area contributed by atoms with Gasteiger partial charge in [0.1, 0.15) is 18.2 Å². The molecular formula is C19H24N4O4S. The molecule has 0 spiro atoms. The van der Waals surface area contributed by atoms with Crippen LogP contribution >= 0.6 is 0 Å². The first-order valence-electron chi connectivity index (χ1n) is 9.39. The van der Waals surface area contributed by atoms with Crippen LogP contribution in [0.2, 0.25) is 0 Å². The zero-order chi connectivity index (χ0) is 19.7. The molecule has 1 aromatic heterocycles. The summed E-state index contributed by atoms with van der Waals surface area (Å²) in [4.78, 5) is 14.7. The van der Waals surface area contributed by atoms with E-state index in [1.54, 1.807) is 10.7 Å². The number of hydrogen-bond acceptors (Lipinski definition) is 6. The summed E-state index contributed by atoms with van der Waals surface area (Å²) in [6, 6.07) is 9.40. The number of fused-ring (bicyclic) bond motifs is 1. The molecule has 1 atom stereocenters. The van der Waals surface area contributed by atoms with Crippen molar-refractivity contribution in [3.8, 4) is 5.75 Å². The van der Waals surface area contributed by atoms with E-state index in [1.807, 2.05) is 36.1 Å². The van der Waals surface area contributed by atoms with Gasteiger partial charge in [-0.25, -0.2) is 13.1 Å². The van der Waals surface area contributed by atoms with Gasteiger partial charge in [-0.05, 0) is 19.4 Å². The summed E-state index contributed by atoms with van der Waals surface area (Å²) in [5.41, 5.74) is 1.81. The van der Waals surface area contributed by atoms with Gasteiger partial charge in [-0.15, -0.1) is 0 Å². The van der Waals surface area contributed by atoms with E-state index >= 15 is 0 Å². The van der Waals surface area contributed by atoms with Crippen LogP contribution in [0.25, 0.3) is 0 Å². The first kappa shape index (κ1) is 18.9. The number of carbonyl (C=O) groups is 1. The number of amides is 1. The molecule has 4 rings (SSSR count). The maximum Gasteiger partial charge on any atom is 0.239 e. The number of rotatable bonds is 4. The second kappa shape index (κ2) is 7.56. The zero-order valence-corrected chi connectivity index (χ0v) is 16.6. The van der Waals surface area contributed by atoms with Gasteiger partial charge in [0.25, 0.3) is 0 Å². The van der Waals surface area contributed by atoms with Crippen LogP contribution in [-0.4, -0.2) is 60.2 Å². The molecule has 1 N–H and O–H groups in total. The van der Waals surface area contributed by atoms with E-state index in [1.165, 1.54) is 0 Å². The van der Waals surface area contributed by atoms with Crippen LogP contribution < -0.4 is 10.1 Å². The fourth-order valence-corrected chi connectivity index (χ4v) is 5.45. The highest BCUT2D eigenvalue weighted by Gasteiger charge is 2.31. The summed E-state index contributed by atoms with van der Waals surface area (Å²) in [7, 11) is -3.03. The first-order chi connectivity index (χ1) is 13.4. The van der Waals surface area contributed by atoms with Crippen molar-refractivity contribution in [2.75, 3.05) is 36.5 Å². The number of aryl methyl sites for hydroxylation is 1. The maximum atomic E-state index is 12.7. The van der Waals surface area contributed by atoms with E-state index in [0.717, 1.165) is 17.0 Å². The molecule has 0 bridgehead atoms. The highest BCUT2D eigenvalue weighted by atomic mass is 32.2. The molecule has 28 heavy (non-hydrogen) atoms. The van der Waals surface area contributed by atoms with E-state index in [4.69, 9.17) is 4.74 Å². The van der Waals surface area contributed by atoms with E-state index < -0.39 is 9.84 Å². The Labute approximate surface area is 164 Å². The summed E-state index contributed by atoms with van der Waals surface area (Å²) in [6.07, 6.45) is 0.520. The molecule has 1 aromatic carbocycles. The molecule has 1 saturated heterocycles. The van der Waals surface area contributed by atoms with Crippen LogP contribution in [0, 0.1) is 6.92 Å². The summed E-state index contributed by atoms with van der Waals surface area (Å²) in [5, 5.41) is 7.32. The summed E-state index contributed by atoms with van der Waals surface area (Å²) >= 11 is 0. The van der Waals surface area contributed by atoms with Gasteiger partial charge in [0.15, 0.2) is 9.84 Å². The van der Waals surface area contributed by atoms with E-state index in [-0.39, 0.29) is 30.0 Å². The molecule has 8 nitrogen and oxygen atoms in total. The first-order valence-corrected chi connectivity index (χ1v) is 11.2. The molecule has 1 amide bonds. The van der Waals surface area contributed by atoms with Crippen molar-refractivity contribution in [3.63, 3.8) is 0 Å². The SMILES string of the molecule is Cc1cc(NC(=O)CN2CCOc3ccccc3C2)n(C2CCS(=O)(=O)C2)n1. The second-order valence-electron chi connectivity index (χ2n) is 7.39. The topological polar surface area (TPSA) is 93.5 Å². The van der Waals surface area contributed by atoms with Crippen LogP contribution in [-0.2, 0) is 21.2 Å². The number of para-hydroxylation sites is 1. The van der Waals surface area contributed by atoms with Crippen molar-refractivity contribution < 1.29 is 17.9 Å². The Morgan fingerprint density at radius 1 is 1.36 bits per heavy atom. The number of carbonyl (C=O) groups excluding carboxylic acids is 1. The lowest BCUT2D eigenvalue weighted by Crippen LogP contribution is -2.35. The molecule has 9 heteroatoms. The Bertz CT molecular complexity index is 986. The smallest absolute Gasteiger partial charge is 0.239 e. The van der Waals surface area contributed by atoms with Crippen molar-refractivity contribution in [1.29, 1.82) is 0 Å². The third-order valence-electron chi connectivity index (χ3n) is 5.08. The third-order valence-corrected chi connectivity index (χ3v) is 6.83. The highest BCUT2D eigenvalue weighted by Crippen LogP contribution is 2.27. The average molecular weight is 404 g/mol. The van der Waals surface area contributed by atoms with Crippen molar-refractivity contribution in [1.82, 2.24) is 14.7 Å². The van der Waals surface area contributed by atoms with E-state index in [2.05, 4.69) is 10.4 Å². The largest absolute Gasteiger partial charge is 0.492 e. The van der Waals surface area contributed by atoms with Crippen LogP contribution in [0.4, 0.5) is 5.82 Å². The van der Waals surface area contributed by atoms with Gasteiger partial charge in [0.2, 0.25) is 5.91 Å². The van der Waals surface area contributed by atoms with Gasteiger partial charge >= 0.3 is 0 Å². The lowest BCUT2D eigenvalue weighted by molar-refractivity contribution is -0.117. The molecule has 150 valence electrons. The standard InChI is InChI=1S/C19H24N4O4S/c1-14-10-18(23(21-14)16-6-9-28(25,26)13-16)20-19(24)12-22-7-8-27-17-5-3-2-4-15(17)11-22/h2-5,10,16H,6-9,11-13H2,1H3,(H,20,24). The molecular weight excluding hydrogens is 380 g/mol. The van der Waals surface area contributed by atoms with E-state index in [9.17, 15) is 13.2 Å². The van der Waals surface area contributed by atoms with Crippen molar-refractivity contribution in [2.45, 2.75) is 25.9 Å². The Morgan fingerprint density at radius 2 is 2.18 bits per heavy atom. The maximum absolute atomic E-state index is 12.7. The monoisotopic (exact) mass is 404 g/mol. The number of nitrogens with zero attached hydrogens (tertiary/aromatic N) is 3. The van der Waals surface area contributed by atoms with Crippen LogP contribution in [0.1, 0.15) is 23.7 Å². The lowest BCUT2D eigenvalue weighted by atomic mass is 10.2. The second-order valence-corrected chi connectivity index (χ2v) is 9.62. The quantitative estimate of drug-likeness (QED) is 0.828. The summed E-state index contributed by atoms with van der Waals surface area (Å²) in [6.45, 7) is 3.88. The molecule has 1 fully saturated rings. The fraction of sp³-hybridized carbons (Fsp3) is 0.474. The van der Waals surface area contributed by atoms with Gasteiger partial charge in [-0.2, -0.15) is 5.10 Å². The molecule has 0 radical (unpaired) electrons. The van der Waals surface area contributed by atoms with Gasteiger partial charge in [-0.3, -0.25) is 9.69 Å². The molecule has 2 aromatic rings. The lowest BCUT2D eigenvalue weighted by Gasteiger charge is -2.19. The Morgan fingerprint density at radius 3 is 2.96 bits per heavy atom. The number of sulfone groups is 1. The Balaban J connectivity index is 1.43. The van der Waals surface area contributed by atoms with Crippen molar-refractivity contribution >= 4 is 21.6 Å². The van der Waals surface area contributed by atoms with Gasteiger partial charge in [0, 0.05) is 24.7 Å². The molecule has 2 aliphatic heterocycles. The predicted molar refractivity (Wildman–Crippen MR) is 105 cm³/mol. The number of ether oxygens (including phenoxy) is 1. The van der Waals surface area contributed by atoms with Crippen LogP contribution in [0.15, 0.2) is 30.3 Å². The van der Waals surface area contributed by atoms with Crippen molar-refractivity contribution in [3.05, 3.63) is 41.6 Å². The molecule has 2 aliphatic rings. The van der Waals surface area contributed by atoms with Gasteiger partial charge in [0.05, 0.1) is 29.8 Å². The van der Waals surface area contributed by atoms with E-state index in [0.29, 0.717) is 31.9 Å². The summed E-state index contributed by atoms with van der Waals surface area (Å²) in [5.74, 6) is 1.49. The molecule has 3 heterocycles. The number of hydrogen-bond donors (Lipinski definition) is 1. The highest BCUT2D eigenvalue weighted by molar-refractivity contribution is 7.91. The molecule has 0 aliphatic carbocycles. The van der Waals surface area contributed by atoms with Crippen LogP contribution in [0.5, 0.6) is 5.75 Å². The Kier molecular flexibility index (Phi) is 5.11. The minimum absolute atomic E-state index is 0.0667. The zero-order valence-electron chi connectivity index (χ0n) is 15.8. The molecule has 0 saturated carbocycles. The third kappa shape index (κ3) is 4.20. The van der Waals surface area contributed by atoms with Gasteiger partial charge < -0.3 is 10.1 Å².